The largest absolute Gasteiger partial charge is 0.309 e. The summed E-state index contributed by atoms with van der Waals surface area (Å²) in [5.74, 6) is 0.0640. The maximum absolute atomic E-state index is 9.85. The molecule has 1 aliphatic rings. The van der Waals surface area contributed by atoms with E-state index in [9.17, 15) is 5.26 Å². The molecule has 0 saturated heterocycles. The fraction of sp³-hybridized carbons (Fsp3) is 0.0227. The van der Waals surface area contributed by atoms with Gasteiger partial charge in [0.15, 0.2) is 8.07 Å². The Balaban J connectivity index is 1.35. The van der Waals surface area contributed by atoms with Crippen LogP contribution < -0.4 is 20.7 Å². The first-order valence-corrected chi connectivity index (χ1v) is 18.1. The second-order valence-corrected chi connectivity index (χ2v) is 16.1. The van der Waals surface area contributed by atoms with Gasteiger partial charge in [-0.3, -0.25) is 0 Å². The lowest BCUT2D eigenvalue weighted by atomic mass is 9.84. The van der Waals surface area contributed by atoms with Gasteiger partial charge in [-0.05, 0) is 79.9 Å². The highest BCUT2D eigenvalue weighted by atomic mass is 28.3. The highest BCUT2D eigenvalue weighted by Gasteiger charge is 2.48. The van der Waals surface area contributed by atoms with Crippen LogP contribution in [0, 0.1) is 11.3 Å². The van der Waals surface area contributed by atoms with Gasteiger partial charge in [-0.1, -0.05) is 133 Å². The van der Waals surface area contributed by atoms with Gasteiger partial charge in [-0.25, -0.2) is 0 Å². The van der Waals surface area contributed by atoms with Crippen LogP contribution in [0.15, 0.2) is 176 Å². The zero-order valence-electron chi connectivity index (χ0n) is 25.7. The summed E-state index contributed by atoms with van der Waals surface area (Å²) in [7, 11) is -2.64. The zero-order valence-corrected chi connectivity index (χ0v) is 26.7. The Labute approximate surface area is 275 Å². The van der Waals surface area contributed by atoms with Gasteiger partial charge in [-0.2, -0.15) is 5.26 Å². The van der Waals surface area contributed by atoms with E-state index in [1.165, 1.54) is 37.4 Å². The molecule has 0 saturated carbocycles. The fourth-order valence-electron chi connectivity index (χ4n) is 8.16. The molecule has 0 bridgehead atoms. The minimum Gasteiger partial charge on any atom is -0.309 e. The molecule has 47 heavy (non-hydrogen) atoms. The molecular weight excluding hydrogens is 585 g/mol. The summed E-state index contributed by atoms with van der Waals surface area (Å²) >= 11 is 0. The van der Waals surface area contributed by atoms with E-state index in [-0.39, 0.29) is 5.92 Å². The van der Waals surface area contributed by atoms with Gasteiger partial charge in [0.1, 0.15) is 0 Å². The Morgan fingerprint density at radius 2 is 0.979 bits per heavy atom. The van der Waals surface area contributed by atoms with Crippen molar-refractivity contribution in [2.75, 3.05) is 0 Å². The monoisotopic (exact) mass is 614 g/mol. The van der Waals surface area contributed by atoms with Gasteiger partial charge in [0.25, 0.3) is 0 Å². The minimum absolute atomic E-state index is 0.0640. The SMILES string of the molecule is N#Cc1ccc2c(c1)c1cc(C3c4ccccc4[Si](c4ccccc4)(c4ccccc4)c4ccccc43)ccc1n2-c1ccccc1. The number of nitrogens with zero attached hydrogens (tertiary/aromatic N) is 2. The summed E-state index contributed by atoms with van der Waals surface area (Å²) in [5, 5.41) is 17.8. The summed E-state index contributed by atoms with van der Waals surface area (Å²) in [6, 6.07) is 66.6. The molecule has 1 aliphatic heterocycles. The molecule has 0 fully saturated rings. The van der Waals surface area contributed by atoms with E-state index in [4.69, 9.17) is 0 Å². The molecule has 0 atom stereocenters. The van der Waals surface area contributed by atoms with Crippen LogP contribution in [-0.4, -0.2) is 12.6 Å². The third-order valence-electron chi connectivity index (χ3n) is 10.0. The van der Waals surface area contributed by atoms with E-state index in [2.05, 4.69) is 174 Å². The molecule has 220 valence electrons. The molecule has 0 spiro atoms. The lowest BCUT2D eigenvalue weighted by Gasteiger charge is -2.43. The highest BCUT2D eigenvalue weighted by Crippen LogP contribution is 2.40. The first-order valence-electron chi connectivity index (χ1n) is 16.1. The molecule has 0 unspecified atom stereocenters. The number of fused-ring (bicyclic) bond motifs is 5. The van der Waals surface area contributed by atoms with E-state index >= 15 is 0 Å². The van der Waals surface area contributed by atoms with E-state index in [1.807, 2.05) is 12.1 Å². The molecule has 0 N–H and O–H groups in total. The van der Waals surface area contributed by atoms with E-state index in [0.29, 0.717) is 5.56 Å². The lowest BCUT2D eigenvalue weighted by molar-refractivity contribution is 0.987. The number of rotatable bonds is 4. The maximum Gasteiger partial charge on any atom is 0.180 e. The summed E-state index contributed by atoms with van der Waals surface area (Å²) < 4.78 is 2.32. The van der Waals surface area contributed by atoms with Gasteiger partial charge in [0, 0.05) is 22.4 Å². The van der Waals surface area contributed by atoms with Gasteiger partial charge >= 0.3 is 0 Å². The molecule has 9 rings (SSSR count). The summed E-state index contributed by atoms with van der Waals surface area (Å²) in [6.07, 6.45) is 0. The van der Waals surface area contributed by atoms with Gasteiger partial charge in [0.2, 0.25) is 0 Å². The van der Waals surface area contributed by atoms with Crippen LogP contribution in [0.3, 0.4) is 0 Å². The Bertz CT molecular complexity index is 2380. The molecule has 0 radical (unpaired) electrons. The smallest absolute Gasteiger partial charge is 0.180 e. The van der Waals surface area contributed by atoms with Crippen molar-refractivity contribution in [1.82, 2.24) is 4.57 Å². The van der Waals surface area contributed by atoms with Crippen molar-refractivity contribution in [1.29, 1.82) is 5.26 Å². The normalized spacial score (nSPS) is 13.6. The third kappa shape index (κ3) is 4.02. The van der Waals surface area contributed by atoms with Crippen LogP contribution in [0.2, 0.25) is 0 Å². The molecule has 3 heteroatoms. The quantitative estimate of drug-likeness (QED) is 0.189. The Morgan fingerprint density at radius 1 is 0.489 bits per heavy atom. The van der Waals surface area contributed by atoms with Crippen molar-refractivity contribution in [3.63, 3.8) is 0 Å². The predicted molar refractivity (Wildman–Crippen MR) is 196 cm³/mol. The Kier molecular flexibility index (Phi) is 6.31. The van der Waals surface area contributed by atoms with Crippen LogP contribution in [-0.2, 0) is 0 Å². The van der Waals surface area contributed by atoms with Crippen molar-refractivity contribution < 1.29 is 0 Å². The van der Waals surface area contributed by atoms with Crippen LogP contribution >= 0.6 is 0 Å². The molecule has 0 amide bonds. The second-order valence-electron chi connectivity index (χ2n) is 12.4. The summed E-state index contributed by atoms with van der Waals surface area (Å²) in [5.41, 5.74) is 8.02. The molecular formula is C44H30N2Si. The van der Waals surface area contributed by atoms with Crippen LogP contribution in [0.25, 0.3) is 27.5 Å². The van der Waals surface area contributed by atoms with Crippen LogP contribution in [0.1, 0.15) is 28.2 Å². The standard InChI is InChI=1S/C44H30N2Si/c45-30-31-24-26-40-38(28-31)39-29-32(25-27-41(39)46(40)33-14-4-1-5-15-33)44-36-20-10-12-22-42(36)47(34-16-6-2-7-17-34,35-18-8-3-9-19-35)43-23-13-11-21-37(43)44/h1-29,44H. The average Bonchev–Trinajstić information content (AvgIpc) is 3.47. The van der Waals surface area contributed by atoms with Crippen LogP contribution in [0.5, 0.6) is 0 Å². The van der Waals surface area contributed by atoms with Crippen molar-refractivity contribution in [3.05, 3.63) is 198 Å². The topological polar surface area (TPSA) is 28.7 Å². The first kappa shape index (κ1) is 27.4. The number of nitriles is 1. The third-order valence-corrected chi connectivity index (χ3v) is 15.0. The van der Waals surface area contributed by atoms with Crippen molar-refractivity contribution in [2.45, 2.75) is 5.92 Å². The van der Waals surface area contributed by atoms with Crippen LogP contribution in [0.4, 0.5) is 0 Å². The van der Waals surface area contributed by atoms with Crippen molar-refractivity contribution >= 4 is 50.6 Å². The van der Waals surface area contributed by atoms with Crippen molar-refractivity contribution in [2.24, 2.45) is 0 Å². The Hall–Kier alpha value is -5.95. The van der Waals surface area contributed by atoms with E-state index < -0.39 is 8.07 Å². The number of hydrogen-bond donors (Lipinski definition) is 0. The lowest BCUT2D eigenvalue weighted by Crippen LogP contribution is -2.77. The van der Waals surface area contributed by atoms with E-state index in [1.54, 1.807) is 0 Å². The summed E-state index contributed by atoms with van der Waals surface area (Å²) in [4.78, 5) is 0. The Morgan fingerprint density at radius 3 is 1.55 bits per heavy atom. The average molecular weight is 615 g/mol. The number of para-hydroxylation sites is 1. The van der Waals surface area contributed by atoms with E-state index in [0.717, 1.165) is 27.5 Å². The number of hydrogen-bond acceptors (Lipinski definition) is 1. The minimum atomic E-state index is -2.64. The second kappa shape index (κ2) is 10.8. The zero-order chi connectivity index (χ0) is 31.4. The fourth-order valence-corrected chi connectivity index (χ4v) is 13.4. The number of benzene rings is 7. The first-order chi connectivity index (χ1) is 23.3. The van der Waals surface area contributed by atoms with Gasteiger partial charge in [0.05, 0.1) is 22.7 Å². The maximum atomic E-state index is 9.85. The molecule has 7 aromatic carbocycles. The van der Waals surface area contributed by atoms with Gasteiger partial charge in [-0.15, -0.1) is 0 Å². The number of aromatic nitrogens is 1. The van der Waals surface area contributed by atoms with Gasteiger partial charge < -0.3 is 4.57 Å². The molecule has 8 aromatic rings. The molecule has 1 aromatic heterocycles. The summed E-state index contributed by atoms with van der Waals surface area (Å²) in [6.45, 7) is 0. The molecule has 2 heterocycles. The predicted octanol–water partition coefficient (Wildman–Crippen LogP) is 7.53. The van der Waals surface area contributed by atoms with Crippen molar-refractivity contribution in [3.8, 4) is 11.8 Å². The highest BCUT2D eigenvalue weighted by molar-refractivity contribution is 7.20. The molecule has 2 nitrogen and oxygen atoms in total. The molecule has 0 aliphatic carbocycles.